The van der Waals surface area contributed by atoms with E-state index in [0.717, 1.165) is 6.54 Å². The van der Waals surface area contributed by atoms with E-state index in [4.69, 9.17) is 4.74 Å². The Kier molecular flexibility index (Phi) is 3.25. The number of carbonyl (C=O) groups excluding carboxylic acids is 1. The smallest absolute Gasteiger partial charge is 0.306 e. The van der Waals surface area contributed by atoms with Gasteiger partial charge in [0.25, 0.3) is 0 Å². The van der Waals surface area contributed by atoms with Crippen molar-refractivity contribution in [3.05, 3.63) is 35.4 Å². The van der Waals surface area contributed by atoms with Crippen LogP contribution in [0.15, 0.2) is 24.3 Å². The minimum Gasteiger partial charge on any atom is -0.469 e. The predicted octanol–water partition coefficient (Wildman–Crippen LogP) is 2.00. The lowest BCUT2D eigenvalue weighted by molar-refractivity contribution is -0.141. The van der Waals surface area contributed by atoms with E-state index in [-0.39, 0.29) is 11.9 Å². The number of rotatable bonds is 2. The first-order valence-corrected chi connectivity index (χ1v) is 5.61. The SMILES string of the molecule is COC(=O)C[C@H]1CN[C@@H](C)c2ccccc21. The Morgan fingerprint density at radius 3 is 2.81 bits per heavy atom. The van der Waals surface area contributed by atoms with Gasteiger partial charge in [0.15, 0.2) is 0 Å². The summed E-state index contributed by atoms with van der Waals surface area (Å²) < 4.78 is 4.73. The summed E-state index contributed by atoms with van der Waals surface area (Å²) in [6, 6.07) is 8.67. The molecule has 0 bridgehead atoms. The van der Waals surface area contributed by atoms with Crippen LogP contribution in [-0.2, 0) is 9.53 Å². The van der Waals surface area contributed by atoms with E-state index in [9.17, 15) is 4.79 Å². The van der Waals surface area contributed by atoms with Crippen LogP contribution in [0.1, 0.15) is 36.4 Å². The Hall–Kier alpha value is -1.35. The second-order valence-corrected chi connectivity index (χ2v) is 4.24. The lowest BCUT2D eigenvalue weighted by Crippen LogP contribution is -2.32. The molecule has 3 nitrogen and oxygen atoms in total. The lowest BCUT2D eigenvalue weighted by Gasteiger charge is -2.30. The van der Waals surface area contributed by atoms with Crippen molar-refractivity contribution in [2.45, 2.75) is 25.3 Å². The summed E-state index contributed by atoms with van der Waals surface area (Å²) in [4.78, 5) is 11.3. The van der Waals surface area contributed by atoms with Gasteiger partial charge < -0.3 is 10.1 Å². The number of methoxy groups -OCH3 is 1. The van der Waals surface area contributed by atoms with E-state index in [2.05, 4.69) is 24.4 Å². The zero-order chi connectivity index (χ0) is 11.5. The summed E-state index contributed by atoms with van der Waals surface area (Å²) in [6.45, 7) is 2.99. The van der Waals surface area contributed by atoms with Crippen molar-refractivity contribution in [1.29, 1.82) is 0 Å². The number of benzene rings is 1. The van der Waals surface area contributed by atoms with Crippen LogP contribution in [0.25, 0.3) is 0 Å². The van der Waals surface area contributed by atoms with Gasteiger partial charge in [-0.05, 0) is 18.1 Å². The van der Waals surface area contributed by atoms with Gasteiger partial charge in [-0.3, -0.25) is 4.79 Å². The highest BCUT2D eigenvalue weighted by atomic mass is 16.5. The highest BCUT2D eigenvalue weighted by Gasteiger charge is 2.25. The van der Waals surface area contributed by atoms with Crippen molar-refractivity contribution in [1.82, 2.24) is 5.32 Å². The minimum absolute atomic E-state index is 0.142. The summed E-state index contributed by atoms with van der Waals surface area (Å²) in [5.74, 6) is 0.0935. The highest BCUT2D eigenvalue weighted by molar-refractivity contribution is 5.70. The van der Waals surface area contributed by atoms with Crippen LogP contribution >= 0.6 is 0 Å². The first kappa shape index (κ1) is 11.1. The van der Waals surface area contributed by atoms with Crippen LogP contribution in [0.2, 0.25) is 0 Å². The maximum atomic E-state index is 11.3. The van der Waals surface area contributed by atoms with Crippen molar-refractivity contribution >= 4 is 5.97 Å². The number of carbonyl (C=O) groups is 1. The summed E-state index contributed by atoms with van der Waals surface area (Å²) in [5.41, 5.74) is 2.57. The van der Waals surface area contributed by atoms with Gasteiger partial charge >= 0.3 is 5.97 Å². The van der Waals surface area contributed by atoms with E-state index in [1.54, 1.807) is 0 Å². The van der Waals surface area contributed by atoms with Gasteiger partial charge in [0.1, 0.15) is 0 Å². The van der Waals surface area contributed by atoms with Gasteiger partial charge in [-0.1, -0.05) is 24.3 Å². The van der Waals surface area contributed by atoms with Gasteiger partial charge in [0, 0.05) is 18.5 Å². The molecule has 0 radical (unpaired) electrons. The predicted molar refractivity (Wildman–Crippen MR) is 62.2 cm³/mol. The number of hydrogen-bond donors (Lipinski definition) is 1. The third-order valence-corrected chi connectivity index (χ3v) is 3.21. The molecule has 16 heavy (non-hydrogen) atoms. The zero-order valence-corrected chi connectivity index (χ0v) is 9.69. The Morgan fingerprint density at radius 1 is 1.44 bits per heavy atom. The van der Waals surface area contributed by atoms with Crippen LogP contribution in [-0.4, -0.2) is 19.6 Å². The van der Waals surface area contributed by atoms with Gasteiger partial charge in [0.05, 0.1) is 13.5 Å². The van der Waals surface area contributed by atoms with E-state index >= 15 is 0 Å². The minimum atomic E-state index is -0.142. The standard InChI is InChI=1S/C13H17NO2/c1-9-11-5-3-4-6-12(11)10(8-14-9)7-13(15)16-2/h3-6,9-10,14H,7-8H2,1-2H3/t9-,10-/m0/s1. The van der Waals surface area contributed by atoms with Gasteiger partial charge in [-0.2, -0.15) is 0 Å². The fourth-order valence-corrected chi connectivity index (χ4v) is 2.28. The molecule has 1 N–H and O–H groups in total. The molecule has 1 heterocycles. The molecular formula is C13H17NO2. The molecule has 3 heteroatoms. The fraction of sp³-hybridized carbons (Fsp3) is 0.462. The molecule has 0 saturated heterocycles. The van der Waals surface area contributed by atoms with E-state index in [1.807, 2.05) is 12.1 Å². The topological polar surface area (TPSA) is 38.3 Å². The maximum Gasteiger partial charge on any atom is 0.306 e. The number of nitrogens with one attached hydrogen (secondary N) is 1. The van der Waals surface area contributed by atoms with Crippen molar-refractivity contribution in [2.75, 3.05) is 13.7 Å². The largest absolute Gasteiger partial charge is 0.469 e. The van der Waals surface area contributed by atoms with Crippen molar-refractivity contribution in [3.8, 4) is 0 Å². The molecule has 0 fully saturated rings. The molecule has 2 atom stereocenters. The first-order valence-electron chi connectivity index (χ1n) is 5.61. The Morgan fingerprint density at radius 2 is 2.12 bits per heavy atom. The van der Waals surface area contributed by atoms with Crippen LogP contribution in [0.4, 0.5) is 0 Å². The van der Waals surface area contributed by atoms with Crippen LogP contribution in [0.3, 0.4) is 0 Å². The normalized spacial score (nSPS) is 23.6. The van der Waals surface area contributed by atoms with Gasteiger partial charge in [0.2, 0.25) is 0 Å². The lowest BCUT2D eigenvalue weighted by atomic mass is 9.85. The Balaban J connectivity index is 2.24. The Labute approximate surface area is 95.8 Å². The molecular weight excluding hydrogens is 202 g/mol. The molecule has 0 aromatic heterocycles. The molecule has 1 aromatic rings. The van der Waals surface area contributed by atoms with Crippen LogP contribution < -0.4 is 5.32 Å². The third-order valence-electron chi connectivity index (χ3n) is 3.21. The van der Waals surface area contributed by atoms with Gasteiger partial charge in [-0.25, -0.2) is 0 Å². The molecule has 86 valence electrons. The molecule has 1 aliphatic heterocycles. The molecule has 0 spiro atoms. The molecule has 0 saturated carbocycles. The monoisotopic (exact) mass is 219 g/mol. The van der Waals surface area contributed by atoms with Gasteiger partial charge in [-0.15, -0.1) is 0 Å². The summed E-state index contributed by atoms with van der Waals surface area (Å²) in [7, 11) is 1.44. The molecule has 1 aromatic carbocycles. The van der Waals surface area contributed by atoms with E-state index in [0.29, 0.717) is 12.5 Å². The van der Waals surface area contributed by atoms with Crippen LogP contribution in [0.5, 0.6) is 0 Å². The average Bonchev–Trinajstić information content (AvgIpc) is 2.33. The van der Waals surface area contributed by atoms with E-state index in [1.165, 1.54) is 18.2 Å². The number of hydrogen-bond acceptors (Lipinski definition) is 3. The van der Waals surface area contributed by atoms with Crippen LogP contribution in [0, 0.1) is 0 Å². The van der Waals surface area contributed by atoms with E-state index < -0.39 is 0 Å². The maximum absolute atomic E-state index is 11.3. The fourth-order valence-electron chi connectivity index (χ4n) is 2.28. The van der Waals surface area contributed by atoms with Crippen molar-refractivity contribution in [2.24, 2.45) is 0 Å². The Bertz CT molecular complexity index is 389. The number of esters is 1. The molecule has 0 amide bonds. The second-order valence-electron chi connectivity index (χ2n) is 4.24. The first-order chi connectivity index (χ1) is 7.72. The van der Waals surface area contributed by atoms with Crippen molar-refractivity contribution in [3.63, 3.8) is 0 Å². The quantitative estimate of drug-likeness (QED) is 0.773. The summed E-state index contributed by atoms with van der Waals surface area (Å²) >= 11 is 0. The molecule has 0 unspecified atom stereocenters. The second kappa shape index (κ2) is 4.66. The number of fused-ring (bicyclic) bond motifs is 1. The highest BCUT2D eigenvalue weighted by Crippen LogP contribution is 2.31. The average molecular weight is 219 g/mol. The summed E-state index contributed by atoms with van der Waals surface area (Å²) in [5, 5.41) is 3.41. The molecule has 2 rings (SSSR count). The molecule has 0 aliphatic carbocycles. The third kappa shape index (κ3) is 2.09. The number of ether oxygens (including phenoxy) is 1. The summed E-state index contributed by atoms with van der Waals surface area (Å²) in [6.07, 6.45) is 0.452. The molecule has 1 aliphatic rings. The van der Waals surface area contributed by atoms with Crippen molar-refractivity contribution < 1.29 is 9.53 Å². The zero-order valence-electron chi connectivity index (χ0n) is 9.69.